The molecule has 0 radical (unpaired) electrons. The predicted molar refractivity (Wildman–Crippen MR) is 69.5 cm³/mol. The molecule has 0 heterocycles. The van der Waals surface area contributed by atoms with E-state index >= 15 is 0 Å². The van der Waals surface area contributed by atoms with E-state index in [9.17, 15) is 9.59 Å². The highest BCUT2D eigenvalue weighted by Crippen LogP contribution is 2.22. The minimum Gasteiger partial charge on any atom is -0.465 e. The molecule has 0 aliphatic rings. The van der Waals surface area contributed by atoms with Gasteiger partial charge in [-0.2, -0.15) is 0 Å². The summed E-state index contributed by atoms with van der Waals surface area (Å²) in [6.07, 6.45) is 0.731. The average Bonchev–Trinajstić information content (AvgIpc) is 2.39. The number of carbonyl (C=O) groups excluding carboxylic acids is 2. The fourth-order valence-electron chi connectivity index (χ4n) is 1.83. The van der Waals surface area contributed by atoms with Crippen LogP contribution in [0.1, 0.15) is 35.2 Å². The van der Waals surface area contributed by atoms with Crippen molar-refractivity contribution in [1.29, 1.82) is 0 Å². The molecule has 18 heavy (non-hydrogen) atoms. The van der Waals surface area contributed by atoms with Crippen molar-refractivity contribution in [2.24, 2.45) is 0 Å². The van der Waals surface area contributed by atoms with Gasteiger partial charge in [0.15, 0.2) is 0 Å². The molecule has 0 bridgehead atoms. The molecule has 0 aliphatic heterocycles. The highest BCUT2D eigenvalue weighted by atomic mass is 16.5. The molecule has 1 atom stereocenters. The van der Waals surface area contributed by atoms with Gasteiger partial charge in [0.25, 0.3) is 0 Å². The number of nitrogens with zero attached hydrogens (tertiary/aromatic N) is 1. The summed E-state index contributed by atoms with van der Waals surface area (Å²) in [6, 6.07) is 6.99. The molecule has 4 nitrogen and oxygen atoms in total. The third-order valence-electron chi connectivity index (χ3n) is 2.88. The monoisotopic (exact) mass is 249 g/mol. The van der Waals surface area contributed by atoms with Crippen LogP contribution in [0.15, 0.2) is 24.3 Å². The lowest BCUT2D eigenvalue weighted by Crippen LogP contribution is -2.27. The molecule has 4 heteroatoms. The number of amides is 1. The first-order valence-electron chi connectivity index (χ1n) is 5.90. The lowest BCUT2D eigenvalue weighted by atomic mass is 9.94. The Kier molecular flexibility index (Phi) is 4.89. The van der Waals surface area contributed by atoms with Crippen molar-refractivity contribution in [3.8, 4) is 0 Å². The molecule has 0 aromatic heterocycles. The largest absolute Gasteiger partial charge is 0.465 e. The standard InChI is InChI=1S/C14H19NO3/c1-5-12(13(16)15(2)3)10-6-8-11(9-7-10)14(17)18-4/h6-9,12H,5H2,1-4H3. The molecule has 0 N–H and O–H groups in total. The topological polar surface area (TPSA) is 46.6 Å². The minimum atomic E-state index is -0.367. The van der Waals surface area contributed by atoms with Crippen LogP contribution in [0.4, 0.5) is 0 Å². The van der Waals surface area contributed by atoms with Gasteiger partial charge in [0.2, 0.25) is 5.91 Å². The highest BCUT2D eigenvalue weighted by molar-refractivity contribution is 5.89. The molecule has 0 saturated carbocycles. The number of carbonyl (C=O) groups is 2. The quantitative estimate of drug-likeness (QED) is 0.767. The van der Waals surface area contributed by atoms with E-state index in [1.54, 1.807) is 31.1 Å². The van der Waals surface area contributed by atoms with E-state index < -0.39 is 0 Å². The van der Waals surface area contributed by atoms with Gasteiger partial charge in [-0.15, -0.1) is 0 Å². The highest BCUT2D eigenvalue weighted by Gasteiger charge is 2.20. The van der Waals surface area contributed by atoms with Crippen molar-refractivity contribution in [2.45, 2.75) is 19.3 Å². The van der Waals surface area contributed by atoms with Gasteiger partial charge in [0, 0.05) is 14.1 Å². The van der Waals surface area contributed by atoms with Gasteiger partial charge < -0.3 is 9.64 Å². The van der Waals surface area contributed by atoms with E-state index in [4.69, 9.17) is 0 Å². The number of benzene rings is 1. The third kappa shape index (κ3) is 3.09. The SMILES string of the molecule is CCC(C(=O)N(C)C)c1ccc(C(=O)OC)cc1. The molecule has 1 aromatic carbocycles. The summed E-state index contributed by atoms with van der Waals surface area (Å²) in [5.74, 6) is -0.455. The van der Waals surface area contributed by atoms with Crippen molar-refractivity contribution in [3.05, 3.63) is 35.4 Å². The third-order valence-corrected chi connectivity index (χ3v) is 2.88. The normalized spacial score (nSPS) is 11.8. The summed E-state index contributed by atoms with van der Waals surface area (Å²) in [4.78, 5) is 24.9. The number of esters is 1. The molecule has 1 amide bonds. The smallest absolute Gasteiger partial charge is 0.337 e. The Morgan fingerprint density at radius 2 is 1.78 bits per heavy atom. The Hall–Kier alpha value is -1.84. The first kappa shape index (κ1) is 14.2. The number of methoxy groups -OCH3 is 1. The second kappa shape index (κ2) is 6.19. The summed E-state index contributed by atoms with van der Waals surface area (Å²) >= 11 is 0. The van der Waals surface area contributed by atoms with E-state index in [1.807, 2.05) is 19.1 Å². The van der Waals surface area contributed by atoms with Gasteiger partial charge >= 0.3 is 5.97 Å². The Balaban J connectivity index is 2.95. The van der Waals surface area contributed by atoms with E-state index in [1.165, 1.54) is 7.11 Å². The van der Waals surface area contributed by atoms with Crippen LogP contribution in [0.5, 0.6) is 0 Å². The molecule has 0 saturated heterocycles. The van der Waals surface area contributed by atoms with Crippen LogP contribution in [-0.4, -0.2) is 38.0 Å². The summed E-state index contributed by atoms with van der Waals surface area (Å²) in [5, 5.41) is 0. The fourth-order valence-corrected chi connectivity index (χ4v) is 1.83. The fraction of sp³-hybridized carbons (Fsp3) is 0.429. The van der Waals surface area contributed by atoms with Crippen LogP contribution in [0, 0.1) is 0 Å². The predicted octanol–water partition coefficient (Wildman–Crippen LogP) is 2.06. The van der Waals surface area contributed by atoms with Crippen LogP contribution < -0.4 is 0 Å². The zero-order valence-corrected chi connectivity index (χ0v) is 11.3. The number of hydrogen-bond acceptors (Lipinski definition) is 3. The van der Waals surface area contributed by atoms with Crippen LogP contribution >= 0.6 is 0 Å². The maximum atomic E-state index is 12.0. The molecule has 0 spiro atoms. The summed E-state index contributed by atoms with van der Waals surface area (Å²) in [7, 11) is 4.84. The second-order valence-electron chi connectivity index (χ2n) is 4.31. The Labute approximate surface area is 108 Å². The van der Waals surface area contributed by atoms with Crippen molar-refractivity contribution < 1.29 is 14.3 Å². The molecule has 1 aromatic rings. The van der Waals surface area contributed by atoms with E-state index in [-0.39, 0.29) is 17.8 Å². The molecular weight excluding hydrogens is 230 g/mol. The van der Waals surface area contributed by atoms with E-state index in [0.29, 0.717) is 5.56 Å². The molecule has 0 aliphatic carbocycles. The minimum absolute atomic E-state index is 0.0725. The summed E-state index contributed by atoms with van der Waals surface area (Å²) in [5.41, 5.74) is 1.41. The lowest BCUT2D eigenvalue weighted by molar-refractivity contribution is -0.130. The van der Waals surface area contributed by atoms with Gasteiger partial charge in [-0.05, 0) is 24.1 Å². The number of hydrogen-bond donors (Lipinski definition) is 0. The lowest BCUT2D eigenvalue weighted by Gasteiger charge is -2.19. The molecular formula is C14H19NO3. The number of likely N-dealkylation sites (N-methyl/N-ethyl adjacent to an activating group) is 1. The maximum absolute atomic E-state index is 12.0. The van der Waals surface area contributed by atoms with E-state index in [2.05, 4.69) is 4.74 Å². The second-order valence-corrected chi connectivity index (χ2v) is 4.31. The number of rotatable bonds is 4. The van der Waals surface area contributed by atoms with Crippen LogP contribution in [0.2, 0.25) is 0 Å². The van der Waals surface area contributed by atoms with Crippen LogP contribution in [0.3, 0.4) is 0 Å². The van der Waals surface area contributed by atoms with E-state index in [0.717, 1.165) is 12.0 Å². The zero-order chi connectivity index (χ0) is 13.7. The maximum Gasteiger partial charge on any atom is 0.337 e. The average molecular weight is 249 g/mol. The van der Waals surface area contributed by atoms with Gasteiger partial charge in [0.05, 0.1) is 18.6 Å². The summed E-state index contributed by atoms with van der Waals surface area (Å²) < 4.78 is 4.63. The van der Waals surface area contributed by atoms with Gasteiger partial charge in [-0.25, -0.2) is 4.79 Å². The Morgan fingerprint density at radius 3 is 2.17 bits per heavy atom. The molecule has 0 fully saturated rings. The van der Waals surface area contributed by atoms with Crippen molar-refractivity contribution in [2.75, 3.05) is 21.2 Å². The molecule has 1 unspecified atom stereocenters. The van der Waals surface area contributed by atoms with Crippen LogP contribution in [-0.2, 0) is 9.53 Å². The zero-order valence-electron chi connectivity index (χ0n) is 11.3. The molecule has 1 rings (SSSR count). The van der Waals surface area contributed by atoms with Crippen LogP contribution in [0.25, 0.3) is 0 Å². The van der Waals surface area contributed by atoms with Crippen molar-refractivity contribution in [3.63, 3.8) is 0 Å². The van der Waals surface area contributed by atoms with Gasteiger partial charge in [0.1, 0.15) is 0 Å². The molecule has 98 valence electrons. The van der Waals surface area contributed by atoms with Gasteiger partial charge in [-0.1, -0.05) is 19.1 Å². The summed E-state index contributed by atoms with van der Waals surface area (Å²) in [6.45, 7) is 1.97. The van der Waals surface area contributed by atoms with Crippen molar-refractivity contribution >= 4 is 11.9 Å². The van der Waals surface area contributed by atoms with Gasteiger partial charge in [-0.3, -0.25) is 4.79 Å². The van der Waals surface area contributed by atoms with Crippen molar-refractivity contribution in [1.82, 2.24) is 4.90 Å². The Morgan fingerprint density at radius 1 is 1.22 bits per heavy atom. The Bertz CT molecular complexity index is 423. The first-order valence-corrected chi connectivity index (χ1v) is 5.90. The first-order chi connectivity index (χ1) is 8.51. The number of ether oxygens (including phenoxy) is 1.